The summed E-state index contributed by atoms with van der Waals surface area (Å²) in [5.74, 6) is 0.699. The molecule has 1 aromatic carbocycles. The Hall–Kier alpha value is -1.59. The number of nitrogens with one attached hydrogen (secondary N) is 1. The van der Waals surface area contributed by atoms with Gasteiger partial charge in [0.2, 0.25) is 0 Å². The lowest BCUT2D eigenvalue weighted by molar-refractivity contribution is 0.288. The van der Waals surface area contributed by atoms with Crippen LogP contribution in [0.1, 0.15) is 25.0 Å². The molecule has 0 fully saturated rings. The monoisotopic (exact) mass is 278 g/mol. The van der Waals surface area contributed by atoms with E-state index in [2.05, 4.69) is 43.3 Å². The highest BCUT2D eigenvalue weighted by Gasteiger charge is 2.13. The number of amidine groups is 1. The molecule has 0 aromatic heterocycles. The van der Waals surface area contributed by atoms with Crippen molar-refractivity contribution in [3.63, 3.8) is 0 Å². The predicted molar refractivity (Wildman–Crippen MR) is 83.0 cm³/mol. The van der Waals surface area contributed by atoms with Crippen LogP contribution in [0.5, 0.6) is 0 Å². The average Bonchev–Trinajstić information content (AvgIpc) is 2.42. The normalized spacial score (nSPS) is 14.0. The van der Waals surface area contributed by atoms with Crippen molar-refractivity contribution >= 4 is 5.84 Å². The predicted octanol–water partition coefficient (Wildman–Crippen LogP) is 1.46. The van der Waals surface area contributed by atoms with Crippen LogP contribution < -0.4 is 11.1 Å². The summed E-state index contributed by atoms with van der Waals surface area (Å²) in [6, 6.07) is 8.15. The van der Waals surface area contributed by atoms with E-state index >= 15 is 0 Å². The Labute approximate surface area is 121 Å². The summed E-state index contributed by atoms with van der Waals surface area (Å²) in [5.41, 5.74) is 7.47. The van der Waals surface area contributed by atoms with Gasteiger partial charge in [-0.15, -0.1) is 0 Å². The van der Waals surface area contributed by atoms with Gasteiger partial charge in [-0.3, -0.25) is 0 Å². The Bertz CT molecular complexity index is 443. The molecule has 1 aromatic rings. The molecular weight excluding hydrogens is 252 g/mol. The molecule has 112 valence electrons. The van der Waals surface area contributed by atoms with Gasteiger partial charge in [0, 0.05) is 24.7 Å². The van der Waals surface area contributed by atoms with Gasteiger partial charge in [0.15, 0.2) is 5.84 Å². The molecule has 0 heterocycles. The van der Waals surface area contributed by atoms with Gasteiger partial charge in [0.05, 0.1) is 0 Å². The van der Waals surface area contributed by atoms with Crippen LogP contribution in [0.2, 0.25) is 0 Å². The van der Waals surface area contributed by atoms with E-state index in [1.807, 2.05) is 24.3 Å². The number of hydrogen-bond acceptors (Lipinski definition) is 4. The zero-order chi connectivity index (χ0) is 15.1. The van der Waals surface area contributed by atoms with Crippen LogP contribution in [-0.2, 0) is 6.54 Å². The highest BCUT2D eigenvalue weighted by atomic mass is 16.4. The second-order valence-corrected chi connectivity index (χ2v) is 5.68. The smallest absolute Gasteiger partial charge is 0.170 e. The van der Waals surface area contributed by atoms with Crippen LogP contribution in [0.3, 0.4) is 0 Å². The summed E-state index contributed by atoms with van der Waals surface area (Å²) >= 11 is 0. The summed E-state index contributed by atoms with van der Waals surface area (Å²) in [7, 11) is 4.16. The molecule has 0 aliphatic carbocycles. The standard InChI is InChI=1S/C15H26N4O/c1-11(2)14(10-19(3)4)17-9-12-6-5-7-13(8-12)15(16)18-20/h5-8,11,14,17,20H,9-10H2,1-4H3,(H2,16,18). The van der Waals surface area contributed by atoms with E-state index in [9.17, 15) is 0 Å². The van der Waals surface area contributed by atoms with E-state index in [-0.39, 0.29) is 5.84 Å². The number of benzene rings is 1. The van der Waals surface area contributed by atoms with Crippen LogP contribution in [0.15, 0.2) is 29.4 Å². The van der Waals surface area contributed by atoms with Crippen molar-refractivity contribution in [1.29, 1.82) is 0 Å². The fourth-order valence-electron chi connectivity index (χ4n) is 2.05. The largest absolute Gasteiger partial charge is 0.409 e. The van der Waals surface area contributed by atoms with Gasteiger partial charge in [-0.25, -0.2) is 0 Å². The quantitative estimate of drug-likeness (QED) is 0.305. The zero-order valence-corrected chi connectivity index (χ0v) is 12.8. The Morgan fingerprint density at radius 3 is 2.65 bits per heavy atom. The first-order valence-electron chi connectivity index (χ1n) is 6.89. The lowest BCUT2D eigenvalue weighted by Crippen LogP contribution is -2.41. The fourth-order valence-corrected chi connectivity index (χ4v) is 2.05. The van der Waals surface area contributed by atoms with Gasteiger partial charge >= 0.3 is 0 Å². The summed E-state index contributed by atoms with van der Waals surface area (Å²) in [5, 5.41) is 15.3. The van der Waals surface area contributed by atoms with Crippen molar-refractivity contribution in [3.05, 3.63) is 35.4 Å². The van der Waals surface area contributed by atoms with Crippen LogP contribution in [-0.4, -0.2) is 42.6 Å². The molecule has 4 N–H and O–H groups in total. The Morgan fingerprint density at radius 2 is 2.10 bits per heavy atom. The minimum Gasteiger partial charge on any atom is -0.409 e. The van der Waals surface area contributed by atoms with Gasteiger partial charge in [-0.05, 0) is 31.6 Å². The first-order chi connectivity index (χ1) is 9.43. The Kier molecular flexibility index (Phi) is 6.48. The van der Waals surface area contributed by atoms with Crippen LogP contribution in [0.25, 0.3) is 0 Å². The maximum Gasteiger partial charge on any atom is 0.170 e. The molecule has 1 atom stereocenters. The SMILES string of the molecule is CC(C)C(CN(C)C)NCc1cccc(C(N)=NO)c1. The molecule has 0 bridgehead atoms. The highest BCUT2D eigenvalue weighted by molar-refractivity contribution is 5.97. The minimum atomic E-state index is 0.139. The van der Waals surface area contributed by atoms with Gasteiger partial charge < -0.3 is 21.2 Å². The van der Waals surface area contributed by atoms with Crippen LogP contribution in [0.4, 0.5) is 0 Å². The second-order valence-electron chi connectivity index (χ2n) is 5.68. The first kappa shape index (κ1) is 16.5. The molecule has 5 nitrogen and oxygen atoms in total. The van der Waals surface area contributed by atoms with Crippen molar-refractivity contribution in [1.82, 2.24) is 10.2 Å². The third-order valence-electron chi connectivity index (χ3n) is 3.27. The van der Waals surface area contributed by atoms with Gasteiger partial charge in [0.1, 0.15) is 0 Å². The molecule has 0 aliphatic heterocycles. The highest BCUT2D eigenvalue weighted by Crippen LogP contribution is 2.08. The number of hydrogen-bond donors (Lipinski definition) is 3. The second kappa shape index (κ2) is 7.87. The van der Waals surface area contributed by atoms with E-state index < -0.39 is 0 Å². The van der Waals surface area contributed by atoms with E-state index in [0.29, 0.717) is 12.0 Å². The molecule has 0 amide bonds. The lowest BCUT2D eigenvalue weighted by atomic mass is 10.0. The van der Waals surface area contributed by atoms with Crippen molar-refractivity contribution < 1.29 is 5.21 Å². The van der Waals surface area contributed by atoms with Crippen molar-refractivity contribution in [2.45, 2.75) is 26.4 Å². The Morgan fingerprint density at radius 1 is 1.40 bits per heavy atom. The van der Waals surface area contributed by atoms with E-state index in [1.54, 1.807) is 0 Å². The summed E-state index contributed by atoms with van der Waals surface area (Å²) < 4.78 is 0. The summed E-state index contributed by atoms with van der Waals surface area (Å²) in [4.78, 5) is 2.19. The van der Waals surface area contributed by atoms with E-state index in [1.165, 1.54) is 0 Å². The number of rotatable bonds is 7. The van der Waals surface area contributed by atoms with E-state index in [4.69, 9.17) is 10.9 Å². The third-order valence-corrected chi connectivity index (χ3v) is 3.27. The molecule has 0 saturated carbocycles. The molecule has 1 rings (SSSR count). The zero-order valence-electron chi connectivity index (χ0n) is 12.8. The van der Waals surface area contributed by atoms with Gasteiger partial charge in [0.25, 0.3) is 0 Å². The maximum atomic E-state index is 8.71. The number of nitrogens with zero attached hydrogens (tertiary/aromatic N) is 2. The molecule has 1 unspecified atom stereocenters. The summed E-state index contributed by atoms with van der Waals surface area (Å²) in [6.07, 6.45) is 0. The van der Waals surface area contributed by atoms with Crippen molar-refractivity contribution in [2.24, 2.45) is 16.8 Å². The van der Waals surface area contributed by atoms with Gasteiger partial charge in [-0.2, -0.15) is 0 Å². The van der Waals surface area contributed by atoms with E-state index in [0.717, 1.165) is 24.2 Å². The van der Waals surface area contributed by atoms with Crippen LogP contribution >= 0.6 is 0 Å². The topological polar surface area (TPSA) is 73.9 Å². The number of nitrogens with two attached hydrogens (primary N) is 1. The number of oxime groups is 1. The Balaban J connectivity index is 2.68. The minimum absolute atomic E-state index is 0.139. The van der Waals surface area contributed by atoms with Crippen molar-refractivity contribution in [2.75, 3.05) is 20.6 Å². The molecule has 20 heavy (non-hydrogen) atoms. The molecule has 0 radical (unpaired) electrons. The summed E-state index contributed by atoms with van der Waals surface area (Å²) in [6.45, 7) is 6.20. The van der Waals surface area contributed by atoms with Gasteiger partial charge in [-0.1, -0.05) is 37.2 Å². The third kappa shape index (κ3) is 5.19. The van der Waals surface area contributed by atoms with Crippen LogP contribution in [0, 0.1) is 5.92 Å². The fraction of sp³-hybridized carbons (Fsp3) is 0.533. The average molecular weight is 278 g/mol. The maximum absolute atomic E-state index is 8.71. The molecule has 0 saturated heterocycles. The van der Waals surface area contributed by atoms with Crippen molar-refractivity contribution in [3.8, 4) is 0 Å². The molecule has 0 aliphatic rings. The number of likely N-dealkylation sites (N-methyl/N-ethyl adjacent to an activating group) is 1. The molecule has 5 heteroatoms. The molecule has 0 spiro atoms. The molecular formula is C15H26N4O. The first-order valence-corrected chi connectivity index (χ1v) is 6.89. The lowest BCUT2D eigenvalue weighted by Gasteiger charge is -2.25.